The molecule has 1 aliphatic heterocycles. The van der Waals surface area contributed by atoms with Gasteiger partial charge in [0.1, 0.15) is 5.01 Å². The molecular formula is C21H28N2O2S. The van der Waals surface area contributed by atoms with Gasteiger partial charge in [-0.1, -0.05) is 12.8 Å². The van der Waals surface area contributed by atoms with Gasteiger partial charge in [-0.2, -0.15) is 0 Å². The van der Waals surface area contributed by atoms with Gasteiger partial charge >= 0.3 is 0 Å². The first-order valence-electron chi connectivity index (χ1n) is 9.69. The SMILES string of the molecule is COc1ccc(-c2nc(CN3CCC[C@H]4CCCC[C@@H]43)cs2)cc1OC. The van der Waals surface area contributed by atoms with E-state index in [1.807, 2.05) is 12.1 Å². The van der Waals surface area contributed by atoms with Crippen molar-refractivity contribution in [1.29, 1.82) is 0 Å². The molecule has 0 spiro atoms. The molecule has 0 radical (unpaired) electrons. The van der Waals surface area contributed by atoms with Crippen LogP contribution in [0.5, 0.6) is 11.5 Å². The van der Waals surface area contributed by atoms with Crippen LogP contribution in [0.4, 0.5) is 0 Å². The smallest absolute Gasteiger partial charge is 0.161 e. The molecular weight excluding hydrogens is 344 g/mol. The zero-order chi connectivity index (χ0) is 17.9. The zero-order valence-electron chi connectivity index (χ0n) is 15.7. The largest absolute Gasteiger partial charge is 0.493 e. The Bertz CT molecular complexity index is 743. The third-order valence-electron chi connectivity index (χ3n) is 5.91. The van der Waals surface area contributed by atoms with Crippen LogP contribution >= 0.6 is 11.3 Å². The summed E-state index contributed by atoms with van der Waals surface area (Å²) in [6.45, 7) is 2.22. The van der Waals surface area contributed by atoms with E-state index in [-0.39, 0.29) is 0 Å². The molecule has 4 rings (SSSR count). The Hall–Kier alpha value is -1.59. The van der Waals surface area contributed by atoms with Gasteiger partial charge in [-0.25, -0.2) is 4.98 Å². The van der Waals surface area contributed by atoms with Crippen molar-refractivity contribution in [3.8, 4) is 22.1 Å². The number of aromatic nitrogens is 1. The van der Waals surface area contributed by atoms with Gasteiger partial charge in [0, 0.05) is 23.5 Å². The van der Waals surface area contributed by atoms with Gasteiger partial charge in [0.15, 0.2) is 11.5 Å². The van der Waals surface area contributed by atoms with Crippen LogP contribution in [0.1, 0.15) is 44.2 Å². The van der Waals surface area contributed by atoms with Crippen LogP contribution < -0.4 is 9.47 Å². The molecule has 5 heteroatoms. The average molecular weight is 373 g/mol. The van der Waals surface area contributed by atoms with E-state index in [9.17, 15) is 0 Å². The standard InChI is InChI=1S/C21H28N2O2S/c1-24-19-10-9-16(12-20(19)25-2)21-22-17(14-26-21)13-23-11-5-7-15-6-3-4-8-18(15)23/h9-10,12,14-15,18H,3-8,11,13H2,1-2H3/t15-,18+/m1/s1. The molecule has 1 aliphatic carbocycles. The molecule has 0 unspecified atom stereocenters. The molecule has 1 saturated carbocycles. The number of likely N-dealkylation sites (tertiary alicyclic amines) is 1. The molecule has 0 amide bonds. The number of fused-ring (bicyclic) bond motifs is 1. The molecule has 1 saturated heterocycles. The summed E-state index contributed by atoms with van der Waals surface area (Å²) in [5.41, 5.74) is 2.29. The van der Waals surface area contributed by atoms with E-state index in [1.54, 1.807) is 25.6 Å². The van der Waals surface area contributed by atoms with Crippen molar-refractivity contribution in [3.05, 3.63) is 29.3 Å². The molecule has 26 heavy (non-hydrogen) atoms. The highest BCUT2D eigenvalue weighted by Crippen LogP contribution is 2.37. The first-order valence-corrected chi connectivity index (χ1v) is 10.6. The van der Waals surface area contributed by atoms with Crippen LogP contribution in [0.3, 0.4) is 0 Å². The third kappa shape index (κ3) is 3.60. The summed E-state index contributed by atoms with van der Waals surface area (Å²) in [4.78, 5) is 7.62. The molecule has 2 aromatic rings. The predicted octanol–water partition coefficient (Wildman–Crippen LogP) is 4.98. The second-order valence-corrected chi connectivity index (χ2v) is 8.30. The number of benzene rings is 1. The number of hydrogen-bond acceptors (Lipinski definition) is 5. The minimum atomic E-state index is 0.753. The van der Waals surface area contributed by atoms with E-state index < -0.39 is 0 Å². The van der Waals surface area contributed by atoms with Crippen LogP contribution in [0, 0.1) is 5.92 Å². The van der Waals surface area contributed by atoms with Gasteiger partial charge in [0.05, 0.1) is 19.9 Å². The first kappa shape index (κ1) is 17.8. The fourth-order valence-corrected chi connectivity index (χ4v) is 5.42. The number of ether oxygens (including phenoxy) is 2. The van der Waals surface area contributed by atoms with Crippen molar-refractivity contribution in [2.24, 2.45) is 5.92 Å². The number of thiazole rings is 1. The Morgan fingerprint density at radius 1 is 1.08 bits per heavy atom. The van der Waals surface area contributed by atoms with Crippen molar-refractivity contribution in [1.82, 2.24) is 9.88 Å². The lowest BCUT2D eigenvalue weighted by Crippen LogP contribution is -2.46. The summed E-state index contributed by atoms with van der Waals surface area (Å²) in [6.07, 6.45) is 8.39. The Kier molecular flexibility index (Phi) is 5.46. The predicted molar refractivity (Wildman–Crippen MR) is 106 cm³/mol. The Balaban J connectivity index is 1.49. The number of nitrogens with zero attached hydrogens (tertiary/aromatic N) is 2. The van der Waals surface area contributed by atoms with Gasteiger partial charge in [-0.05, 0) is 56.3 Å². The number of rotatable bonds is 5. The minimum Gasteiger partial charge on any atom is -0.493 e. The second-order valence-electron chi connectivity index (χ2n) is 7.44. The highest BCUT2D eigenvalue weighted by molar-refractivity contribution is 7.13. The Morgan fingerprint density at radius 2 is 1.88 bits per heavy atom. The monoisotopic (exact) mass is 372 g/mol. The normalized spacial score (nSPS) is 23.5. The fraction of sp³-hybridized carbons (Fsp3) is 0.571. The third-order valence-corrected chi connectivity index (χ3v) is 6.85. The molecule has 0 N–H and O–H groups in total. The maximum Gasteiger partial charge on any atom is 0.161 e. The van der Waals surface area contributed by atoms with E-state index in [2.05, 4.69) is 16.3 Å². The average Bonchev–Trinajstić information content (AvgIpc) is 3.16. The van der Waals surface area contributed by atoms with Crippen LogP contribution in [-0.4, -0.2) is 36.7 Å². The van der Waals surface area contributed by atoms with Crippen LogP contribution in [0.25, 0.3) is 10.6 Å². The molecule has 2 fully saturated rings. The van der Waals surface area contributed by atoms with E-state index in [0.29, 0.717) is 0 Å². The number of methoxy groups -OCH3 is 2. The highest BCUT2D eigenvalue weighted by Gasteiger charge is 2.33. The summed E-state index contributed by atoms with van der Waals surface area (Å²) in [5, 5.41) is 3.27. The Labute approximate surface area is 160 Å². The summed E-state index contributed by atoms with van der Waals surface area (Å²) >= 11 is 1.72. The summed E-state index contributed by atoms with van der Waals surface area (Å²) in [6, 6.07) is 6.80. The maximum absolute atomic E-state index is 5.43. The van der Waals surface area contributed by atoms with Crippen molar-refractivity contribution in [2.75, 3.05) is 20.8 Å². The van der Waals surface area contributed by atoms with Crippen molar-refractivity contribution < 1.29 is 9.47 Å². The lowest BCUT2D eigenvalue weighted by atomic mass is 9.78. The molecule has 2 heterocycles. The summed E-state index contributed by atoms with van der Waals surface area (Å²) in [5.74, 6) is 2.42. The molecule has 4 nitrogen and oxygen atoms in total. The lowest BCUT2D eigenvalue weighted by molar-refractivity contribution is 0.0539. The fourth-order valence-electron chi connectivity index (χ4n) is 4.61. The van der Waals surface area contributed by atoms with Crippen molar-refractivity contribution in [2.45, 2.75) is 51.1 Å². The van der Waals surface area contributed by atoms with Gasteiger partial charge < -0.3 is 9.47 Å². The van der Waals surface area contributed by atoms with Gasteiger partial charge in [0.2, 0.25) is 0 Å². The lowest BCUT2D eigenvalue weighted by Gasteiger charge is -2.44. The zero-order valence-corrected chi connectivity index (χ0v) is 16.6. The van der Waals surface area contributed by atoms with Gasteiger partial charge in [0.25, 0.3) is 0 Å². The molecule has 0 bridgehead atoms. The van der Waals surface area contributed by atoms with Crippen molar-refractivity contribution >= 4 is 11.3 Å². The Morgan fingerprint density at radius 3 is 2.73 bits per heavy atom. The number of piperidine rings is 1. The van der Waals surface area contributed by atoms with E-state index in [1.165, 1.54) is 50.8 Å². The van der Waals surface area contributed by atoms with E-state index >= 15 is 0 Å². The van der Waals surface area contributed by atoms with Crippen LogP contribution in [-0.2, 0) is 6.54 Å². The maximum atomic E-state index is 5.43. The van der Waals surface area contributed by atoms with Gasteiger partial charge in [-0.3, -0.25) is 4.90 Å². The summed E-state index contributed by atoms with van der Waals surface area (Å²) in [7, 11) is 3.34. The first-order chi connectivity index (χ1) is 12.8. The van der Waals surface area contributed by atoms with Crippen LogP contribution in [0.15, 0.2) is 23.6 Å². The van der Waals surface area contributed by atoms with E-state index in [4.69, 9.17) is 14.5 Å². The van der Waals surface area contributed by atoms with Crippen LogP contribution in [0.2, 0.25) is 0 Å². The highest BCUT2D eigenvalue weighted by atomic mass is 32.1. The molecule has 2 atom stereocenters. The van der Waals surface area contributed by atoms with Gasteiger partial charge in [-0.15, -0.1) is 11.3 Å². The second kappa shape index (κ2) is 7.97. The minimum absolute atomic E-state index is 0.753. The molecule has 140 valence electrons. The topological polar surface area (TPSA) is 34.6 Å². The van der Waals surface area contributed by atoms with E-state index in [0.717, 1.165) is 40.6 Å². The summed E-state index contributed by atoms with van der Waals surface area (Å²) < 4.78 is 10.8. The quantitative estimate of drug-likeness (QED) is 0.741. The van der Waals surface area contributed by atoms with Crippen molar-refractivity contribution in [3.63, 3.8) is 0 Å². The molecule has 2 aliphatic rings. The molecule has 1 aromatic heterocycles. The number of hydrogen-bond donors (Lipinski definition) is 0. The molecule has 1 aromatic carbocycles.